The molecule has 7 heavy (non-hydrogen) atoms. The Kier molecular flexibility index (Phi) is 2.32. The van der Waals surface area contributed by atoms with Crippen LogP contribution in [0.25, 0.3) is 0 Å². The van der Waals surface area contributed by atoms with E-state index in [1.54, 1.807) is 0 Å². The van der Waals surface area contributed by atoms with E-state index in [0.717, 1.165) is 0 Å². The Morgan fingerprint density at radius 2 is 2.29 bits per heavy atom. The van der Waals surface area contributed by atoms with Gasteiger partial charge in [0.05, 0.1) is 0 Å². The summed E-state index contributed by atoms with van der Waals surface area (Å²) in [6, 6.07) is 0. The van der Waals surface area contributed by atoms with E-state index in [9.17, 15) is 9.90 Å². The quantitative estimate of drug-likeness (QED) is 0.436. The second kappa shape index (κ2) is 2.54. The number of amides is 1. The average molecular weight is 104 g/mol. The fourth-order valence-corrected chi connectivity index (χ4v) is 0.0821. The Hall–Kier alpha value is -0.610. The van der Waals surface area contributed by atoms with Crippen molar-refractivity contribution in [1.82, 2.24) is 0 Å². The Balaban J connectivity index is 3.34. The van der Waals surface area contributed by atoms with Crippen LogP contribution in [0.4, 0.5) is 0 Å². The summed E-state index contributed by atoms with van der Waals surface area (Å²) < 4.78 is 0. The highest BCUT2D eigenvalue weighted by molar-refractivity contribution is 5.78. The predicted molar refractivity (Wildman–Crippen MR) is 20.8 cm³/mol. The maximum Gasteiger partial charge on any atom is 0.248 e. The molecule has 0 aromatic rings. The van der Waals surface area contributed by atoms with Gasteiger partial charge in [-0.05, 0) is 0 Å². The molecule has 4 nitrogen and oxygen atoms in total. The molecule has 0 saturated carbocycles. The summed E-state index contributed by atoms with van der Waals surface area (Å²) in [6.07, 6.45) is -1.51. The van der Waals surface area contributed by atoms with Crippen molar-refractivity contribution in [3.63, 3.8) is 0 Å². The standard InChI is InChI=1S/C3H6NO3/c4-3(7)2(6)1-5/h2,6H,1H2,(H2,4,7). The van der Waals surface area contributed by atoms with Crippen molar-refractivity contribution in [2.24, 2.45) is 5.73 Å². The second-order valence-corrected chi connectivity index (χ2v) is 1.08. The topological polar surface area (TPSA) is 83.2 Å². The van der Waals surface area contributed by atoms with E-state index >= 15 is 0 Å². The molecular weight excluding hydrogens is 98.0 g/mol. The van der Waals surface area contributed by atoms with Gasteiger partial charge in [-0.2, -0.15) is 0 Å². The minimum absolute atomic E-state index is 0.852. The number of primary amides is 1. The number of hydrogen-bond acceptors (Lipinski definition) is 2. The van der Waals surface area contributed by atoms with E-state index in [0.29, 0.717) is 0 Å². The number of aliphatic hydroxyl groups excluding tert-OH is 1. The molecule has 1 unspecified atom stereocenters. The van der Waals surface area contributed by atoms with Crippen molar-refractivity contribution < 1.29 is 15.0 Å². The monoisotopic (exact) mass is 104 g/mol. The largest absolute Gasteiger partial charge is 0.381 e. The molecule has 0 aliphatic heterocycles. The first-order valence-corrected chi connectivity index (χ1v) is 1.74. The number of aliphatic hydroxyl groups is 1. The molecule has 0 spiro atoms. The minimum Gasteiger partial charge on any atom is -0.381 e. The van der Waals surface area contributed by atoms with Crippen molar-refractivity contribution in [3.8, 4) is 0 Å². The van der Waals surface area contributed by atoms with Gasteiger partial charge in [0, 0.05) is 0 Å². The highest BCUT2D eigenvalue weighted by Crippen LogP contribution is 1.73. The first-order chi connectivity index (χ1) is 3.18. The molecule has 0 aliphatic rings. The van der Waals surface area contributed by atoms with Gasteiger partial charge >= 0.3 is 0 Å². The zero-order chi connectivity index (χ0) is 5.86. The number of carbonyl (C=O) groups is 1. The summed E-state index contributed by atoms with van der Waals surface area (Å²) in [5.41, 5.74) is 4.46. The van der Waals surface area contributed by atoms with Gasteiger partial charge in [-0.3, -0.25) is 4.79 Å². The Morgan fingerprint density at radius 1 is 1.86 bits per heavy atom. The van der Waals surface area contributed by atoms with Crippen molar-refractivity contribution in [2.45, 2.75) is 6.10 Å². The van der Waals surface area contributed by atoms with Crippen LogP contribution in [0.1, 0.15) is 0 Å². The highest BCUT2D eigenvalue weighted by atomic mass is 16.3. The zero-order valence-corrected chi connectivity index (χ0v) is 3.63. The second-order valence-electron chi connectivity index (χ2n) is 1.08. The molecule has 0 aromatic heterocycles. The molecule has 0 aromatic carbocycles. The summed E-state index contributed by atoms with van der Waals surface area (Å²) >= 11 is 0. The lowest BCUT2D eigenvalue weighted by atomic mass is 10.4. The summed E-state index contributed by atoms with van der Waals surface area (Å²) in [5, 5.41) is 17.7. The van der Waals surface area contributed by atoms with Crippen molar-refractivity contribution in [3.05, 3.63) is 0 Å². The highest BCUT2D eigenvalue weighted by Gasteiger charge is 2.07. The van der Waals surface area contributed by atoms with Crippen LogP contribution in [0, 0.1) is 0 Å². The van der Waals surface area contributed by atoms with E-state index in [1.165, 1.54) is 0 Å². The van der Waals surface area contributed by atoms with Crippen LogP contribution in [0.3, 0.4) is 0 Å². The fourth-order valence-electron chi connectivity index (χ4n) is 0.0821. The van der Waals surface area contributed by atoms with Gasteiger partial charge in [0.15, 0.2) is 6.10 Å². The van der Waals surface area contributed by atoms with Crippen molar-refractivity contribution >= 4 is 5.91 Å². The van der Waals surface area contributed by atoms with Crippen LogP contribution in [-0.4, -0.2) is 23.7 Å². The van der Waals surface area contributed by atoms with Gasteiger partial charge in [-0.1, -0.05) is 0 Å². The molecule has 1 atom stereocenters. The SMILES string of the molecule is NC(=O)C(O)C[O]. The molecular formula is C3H6NO3. The number of rotatable bonds is 2. The molecule has 41 valence electrons. The van der Waals surface area contributed by atoms with Gasteiger partial charge in [0.2, 0.25) is 5.91 Å². The maximum atomic E-state index is 9.70. The molecule has 0 saturated heterocycles. The van der Waals surface area contributed by atoms with E-state index in [1.807, 2.05) is 0 Å². The van der Waals surface area contributed by atoms with E-state index < -0.39 is 18.6 Å². The molecule has 1 amide bonds. The summed E-state index contributed by atoms with van der Waals surface area (Å²) in [4.78, 5) is 9.70. The third-order valence-electron chi connectivity index (χ3n) is 0.486. The molecule has 0 fully saturated rings. The Bertz CT molecular complexity index is 72.6. The van der Waals surface area contributed by atoms with Crippen molar-refractivity contribution in [1.29, 1.82) is 0 Å². The number of carbonyl (C=O) groups excluding carboxylic acids is 1. The first-order valence-electron chi connectivity index (χ1n) is 1.74. The molecule has 0 heterocycles. The lowest BCUT2D eigenvalue weighted by Gasteiger charge is -1.95. The zero-order valence-electron chi connectivity index (χ0n) is 3.63. The van der Waals surface area contributed by atoms with Crippen LogP contribution >= 0.6 is 0 Å². The lowest BCUT2D eigenvalue weighted by molar-refractivity contribution is -0.128. The first kappa shape index (κ1) is 6.39. The third kappa shape index (κ3) is 2.13. The van der Waals surface area contributed by atoms with Crippen LogP contribution in [0.2, 0.25) is 0 Å². The van der Waals surface area contributed by atoms with Crippen LogP contribution < -0.4 is 5.73 Å². The molecule has 1 radical (unpaired) electrons. The normalized spacial score (nSPS) is 13.4. The van der Waals surface area contributed by atoms with Crippen LogP contribution in [0.5, 0.6) is 0 Å². The lowest BCUT2D eigenvalue weighted by Crippen LogP contribution is -2.30. The average Bonchev–Trinajstić information content (AvgIpc) is 1.65. The van der Waals surface area contributed by atoms with Gasteiger partial charge in [-0.25, -0.2) is 5.11 Å². The van der Waals surface area contributed by atoms with E-state index in [4.69, 9.17) is 5.11 Å². The Morgan fingerprint density at radius 3 is 2.29 bits per heavy atom. The van der Waals surface area contributed by atoms with Crippen LogP contribution in [-0.2, 0) is 9.90 Å². The number of hydrogen-bond donors (Lipinski definition) is 2. The molecule has 0 bridgehead atoms. The Labute approximate surface area is 40.6 Å². The van der Waals surface area contributed by atoms with E-state index in [2.05, 4.69) is 5.73 Å². The van der Waals surface area contributed by atoms with Gasteiger partial charge in [0.1, 0.15) is 6.61 Å². The third-order valence-corrected chi connectivity index (χ3v) is 0.486. The predicted octanol–water partition coefficient (Wildman–Crippen LogP) is -1.74. The fraction of sp³-hybridized carbons (Fsp3) is 0.667. The number of nitrogens with two attached hydrogens (primary N) is 1. The molecule has 0 rings (SSSR count). The van der Waals surface area contributed by atoms with Gasteiger partial charge in [0.25, 0.3) is 0 Å². The summed E-state index contributed by atoms with van der Waals surface area (Å²) in [5.74, 6) is -0.963. The van der Waals surface area contributed by atoms with Gasteiger partial charge in [-0.15, -0.1) is 0 Å². The molecule has 3 N–H and O–H groups in total. The summed E-state index contributed by atoms with van der Waals surface area (Å²) in [7, 11) is 0. The maximum absolute atomic E-state index is 9.70. The summed E-state index contributed by atoms with van der Waals surface area (Å²) in [6.45, 7) is -0.852. The molecule has 4 heteroatoms. The van der Waals surface area contributed by atoms with Gasteiger partial charge < -0.3 is 10.8 Å². The minimum atomic E-state index is -1.51. The molecule has 0 aliphatic carbocycles. The van der Waals surface area contributed by atoms with Crippen molar-refractivity contribution in [2.75, 3.05) is 6.61 Å². The smallest absolute Gasteiger partial charge is 0.248 e. The van der Waals surface area contributed by atoms with E-state index in [-0.39, 0.29) is 0 Å². The van der Waals surface area contributed by atoms with Crippen LogP contribution in [0.15, 0.2) is 0 Å².